The second kappa shape index (κ2) is 6.18. The smallest absolute Gasteiger partial charge is 0.239 e. The van der Waals surface area contributed by atoms with Gasteiger partial charge in [-0.25, -0.2) is 9.97 Å². The highest BCUT2D eigenvalue weighted by molar-refractivity contribution is 9.10. The SMILES string of the molecule is N#C/C(=C/Nc1ccc(Br)cn1)c1nc2cc(Cl)ccc2o1. The van der Waals surface area contributed by atoms with E-state index in [2.05, 4.69) is 31.2 Å². The van der Waals surface area contributed by atoms with E-state index >= 15 is 0 Å². The highest BCUT2D eigenvalue weighted by atomic mass is 79.9. The number of oxazole rings is 1. The summed E-state index contributed by atoms with van der Waals surface area (Å²) in [6.45, 7) is 0. The first-order chi connectivity index (χ1) is 10.7. The van der Waals surface area contributed by atoms with Crippen LogP contribution in [-0.2, 0) is 0 Å². The van der Waals surface area contributed by atoms with E-state index in [0.29, 0.717) is 21.9 Å². The van der Waals surface area contributed by atoms with Gasteiger partial charge in [0.05, 0.1) is 0 Å². The monoisotopic (exact) mass is 374 g/mol. The van der Waals surface area contributed by atoms with Crippen molar-refractivity contribution in [3.8, 4) is 6.07 Å². The van der Waals surface area contributed by atoms with Crippen LogP contribution in [-0.4, -0.2) is 9.97 Å². The van der Waals surface area contributed by atoms with Gasteiger partial charge in [0, 0.05) is 21.9 Å². The molecule has 0 atom stereocenters. The Morgan fingerprint density at radius 3 is 2.95 bits per heavy atom. The number of benzene rings is 1. The number of hydrogen-bond acceptors (Lipinski definition) is 5. The Morgan fingerprint density at radius 2 is 2.23 bits per heavy atom. The molecule has 3 aromatic rings. The lowest BCUT2D eigenvalue weighted by Gasteiger charge is -1.99. The first kappa shape index (κ1) is 14.6. The average Bonchev–Trinajstić information content (AvgIpc) is 2.92. The van der Waals surface area contributed by atoms with E-state index < -0.39 is 0 Å². The largest absolute Gasteiger partial charge is 0.435 e. The van der Waals surface area contributed by atoms with Crippen LogP contribution in [0.4, 0.5) is 5.82 Å². The third-order valence-electron chi connectivity index (χ3n) is 2.79. The van der Waals surface area contributed by atoms with Gasteiger partial charge in [-0.2, -0.15) is 5.26 Å². The molecule has 2 heterocycles. The molecule has 0 unspecified atom stereocenters. The lowest BCUT2D eigenvalue weighted by atomic mass is 10.3. The summed E-state index contributed by atoms with van der Waals surface area (Å²) in [7, 11) is 0. The molecule has 0 aliphatic rings. The van der Waals surface area contributed by atoms with Gasteiger partial charge in [-0.05, 0) is 46.3 Å². The highest BCUT2D eigenvalue weighted by Crippen LogP contribution is 2.23. The van der Waals surface area contributed by atoms with Crippen molar-refractivity contribution in [2.24, 2.45) is 0 Å². The van der Waals surface area contributed by atoms with Crippen LogP contribution >= 0.6 is 27.5 Å². The zero-order chi connectivity index (χ0) is 15.5. The van der Waals surface area contributed by atoms with E-state index in [1.807, 2.05) is 12.1 Å². The first-order valence-corrected chi connectivity index (χ1v) is 7.37. The minimum Gasteiger partial charge on any atom is -0.435 e. The van der Waals surface area contributed by atoms with Gasteiger partial charge in [-0.1, -0.05) is 11.6 Å². The van der Waals surface area contributed by atoms with Crippen LogP contribution in [0.25, 0.3) is 16.7 Å². The molecule has 0 aliphatic heterocycles. The second-order valence-electron chi connectivity index (χ2n) is 4.31. The number of halogens is 2. The van der Waals surface area contributed by atoms with Crippen molar-refractivity contribution in [3.05, 3.63) is 58.1 Å². The number of nitrogens with one attached hydrogen (secondary N) is 1. The van der Waals surface area contributed by atoms with Crippen molar-refractivity contribution in [2.45, 2.75) is 0 Å². The Balaban J connectivity index is 1.90. The molecule has 5 nitrogen and oxygen atoms in total. The summed E-state index contributed by atoms with van der Waals surface area (Å²) in [4.78, 5) is 8.41. The third kappa shape index (κ3) is 3.11. The maximum Gasteiger partial charge on any atom is 0.239 e. The summed E-state index contributed by atoms with van der Waals surface area (Å²) >= 11 is 9.22. The molecular formula is C15H8BrClN4O. The molecule has 0 bridgehead atoms. The second-order valence-corrected chi connectivity index (χ2v) is 5.66. The van der Waals surface area contributed by atoms with Crippen molar-refractivity contribution in [3.63, 3.8) is 0 Å². The molecule has 0 saturated carbocycles. The Morgan fingerprint density at radius 1 is 1.36 bits per heavy atom. The summed E-state index contributed by atoms with van der Waals surface area (Å²) in [6, 6.07) is 10.8. The summed E-state index contributed by atoms with van der Waals surface area (Å²) < 4.78 is 6.43. The molecule has 0 aliphatic carbocycles. The lowest BCUT2D eigenvalue weighted by Crippen LogP contribution is -1.93. The molecule has 108 valence electrons. The predicted molar refractivity (Wildman–Crippen MR) is 88.2 cm³/mol. The number of nitrogens with zero attached hydrogens (tertiary/aromatic N) is 3. The number of nitriles is 1. The molecule has 22 heavy (non-hydrogen) atoms. The van der Waals surface area contributed by atoms with Gasteiger partial charge < -0.3 is 9.73 Å². The van der Waals surface area contributed by atoms with Crippen molar-refractivity contribution in [1.82, 2.24) is 9.97 Å². The fraction of sp³-hybridized carbons (Fsp3) is 0. The average molecular weight is 376 g/mol. The van der Waals surface area contributed by atoms with Crippen LogP contribution in [0.2, 0.25) is 5.02 Å². The van der Waals surface area contributed by atoms with Crippen LogP contribution in [0.1, 0.15) is 5.89 Å². The maximum absolute atomic E-state index is 9.27. The Bertz CT molecular complexity index is 896. The van der Waals surface area contributed by atoms with Gasteiger partial charge in [0.15, 0.2) is 5.58 Å². The summed E-state index contributed by atoms with van der Waals surface area (Å²) in [5.41, 5.74) is 1.43. The molecule has 0 fully saturated rings. The number of anilines is 1. The molecule has 1 aromatic carbocycles. The first-order valence-electron chi connectivity index (χ1n) is 6.20. The van der Waals surface area contributed by atoms with E-state index in [1.54, 1.807) is 30.5 Å². The molecular weight excluding hydrogens is 368 g/mol. The van der Waals surface area contributed by atoms with E-state index in [-0.39, 0.29) is 11.5 Å². The summed E-state index contributed by atoms with van der Waals surface area (Å²) in [5.74, 6) is 0.833. The van der Waals surface area contributed by atoms with E-state index in [4.69, 9.17) is 16.0 Å². The number of aromatic nitrogens is 2. The topological polar surface area (TPSA) is 74.7 Å². The Kier molecular flexibility index (Phi) is 4.09. The lowest BCUT2D eigenvalue weighted by molar-refractivity contribution is 0.586. The van der Waals surface area contributed by atoms with Crippen molar-refractivity contribution in [2.75, 3.05) is 5.32 Å². The quantitative estimate of drug-likeness (QED) is 0.676. The molecule has 1 N–H and O–H groups in total. The molecule has 0 amide bonds. The van der Waals surface area contributed by atoms with Gasteiger partial charge in [0.2, 0.25) is 5.89 Å². The number of allylic oxidation sites excluding steroid dienone is 1. The number of fused-ring (bicyclic) bond motifs is 1. The zero-order valence-electron chi connectivity index (χ0n) is 11.0. The van der Waals surface area contributed by atoms with Crippen molar-refractivity contribution in [1.29, 1.82) is 5.26 Å². The van der Waals surface area contributed by atoms with Crippen LogP contribution in [0.3, 0.4) is 0 Å². The predicted octanol–water partition coefficient (Wildman–Crippen LogP) is 4.62. The van der Waals surface area contributed by atoms with Crippen LogP contribution < -0.4 is 5.32 Å². The van der Waals surface area contributed by atoms with E-state index in [9.17, 15) is 5.26 Å². The normalized spacial score (nSPS) is 11.4. The fourth-order valence-electron chi connectivity index (χ4n) is 1.76. The zero-order valence-corrected chi connectivity index (χ0v) is 13.4. The van der Waals surface area contributed by atoms with Crippen LogP contribution in [0.5, 0.6) is 0 Å². The molecule has 0 spiro atoms. The molecule has 0 saturated heterocycles. The summed E-state index contributed by atoms with van der Waals surface area (Å²) in [6.07, 6.45) is 3.16. The Labute approximate surface area is 139 Å². The Hall–Kier alpha value is -2.36. The summed E-state index contributed by atoms with van der Waals surface area (Å²) in [5, 5.41) is 12.8. The molecule has 3 rings (SSSR count). The van der Waals surface area contributed by atoms with Crippen molar-refractivity contribution < 1.29 is 4.42 Å². The van der Waals surface area contributed by atoms with Crippen LogP contribution in [0, 0.1) is 11.3 Å². The molecule has 0 radical (unpaired) electrons. The standard InChI is InChI=1S/C15H8BrClN4O/c16-10-1-4-14(20-8-10)19-7-9(6-18)15-21-12-5-11(17)2-3-13(12)22-15/h1-5,7-8H,(H,19,20)/b9-7-. The fourth-order valence-corrected chi connectivity index (χ4v) is 2.17. The number of pyridine rings is 1. The molecule has 7 heteroatoms. The molecule has 2 aromatic heterocycles. The van der Waals surface area contributed by atoms with Gasteiger partial charge in [-0.15, -0.1) is 0 Å². The van der Waals surface area contributed by atoms with Gasteiger partial charge >= 0.3 is 0 Å². The van der Waals surface area contributed by atoms with Crippen molar-refractivity contribution >= 4 is 50.0 Å². The van der Waals surface area contributed by atoms with Crippen LogP contribution in [0.15, 0.2) is 51.6 Å². The van der Waals surface area contributed by atoms with Gasteiger partial charge in [-0.3, -0.25) is 0 Å². The minimum absolute atomic E-state index is 0.226. The maximum atomic E-state index is 9.27. The van der Waals surface area contributed by atoms with Gasteiger partial charge in [0.1, 0.15) is 23.0 Å². The third-order valence-corrected chi connectivity index (χ3v) is 3.50. The van der Waals surface area contributed by atoms with Gasteiger partial charge in [0.25, 0.3) is 0 Å². The minimum atomic E-state index is 0.226. The number of rotatable bonds is 3. The van der Waals surface area contributed by atoms with E-state index in [1.165, 1.54) is 6.20 Å². The number of hydrogen-bond donors (Lipinski definition) is 1. The van der Waals surface area contributed by atoms with E-state index in [0.717, 1.165) is 4.47 Å². The highest BCUT2D eigenvalue weighted by Gasteiger charge is 2.11.